The van der Waals surface area contributed by atoms with Crippen LogP contribution in [0.2, 0.25) is 0 Å². The molecule has 0 amide bonds. The van der Waals surface area contributed by atoms with Gasteiger partial charge in [0.25, 0.3) is 16.1 Å². The maximum Gasteiger partial charge on any atom is 0.293 e. The predicted octanol–water partition coefficient (Wildman–Crippen LogP) is 1.65. The number of hydrogen-bond acceptors (Lipinski definition) is 4. The summed E-state index contributed by atoms with van der Waals surface area (Å²) in [7, 11) is -4.13. The summed E-state index contributed by atoms with van der Waals surface area (Å²) in [6.07, 6.45) is 0.928. The van der Waals surface area contributed by atoms with E-state index in [1.165, 1.54) is 24.3 Å². The molecule has 1 rings (SSSR count). The Morgan fingerprint density at radius 1 is 1.33 bits per heavy atom. The van der Waals surface area contributed by atoms with Crippen molar-refractivity contribution < 1.29 is 13.2 Å². The maximum atomic E-state index is 11.3. The van der Waals surface area contributed by atoms with E-state index in [2.05, 4.69) is 14.4 Å². The first kappa shape index (κ1) is 10.9. The second-order valence-electron chi connectivity index (χ2n) is 2.31. The number of rotatable bonds is 3. The third-order valence-corrected chi connectivity index (χ3v) is 2.67. The molecule has 1 aromatic rings. The van der Waals surface area contributed by atoms with Gasteiger partial charge in [0.2, 0.25) is 0 Å². The van der Waals surface area contributed by atoms with Crippen molar-refractivity contribution in [2.24, 2.45) is 9.51 Å². The summed E-state index contributed by atoms with van der Waals surface area (Å²) in [5.41, 5.74) is 8.08. The van der Waals surface area contributed by atoms with E-state index in [1.807, 2.05) is 0 Å². The van der Waals surface area contributed by atoms with Crippen molar-refractivity contribution in [3.63, 3.8) is 0 Å². The Balaban J connectivity index is 3.50. The first-order valence-electron chi connectivity index (χ1n) is 3.60. The van der Waals surface area contributed by atoms with E-state index in [0.717, 1.165) is 6.08 Å². The molecule has 0 aliphatic rings. The molecule has 0 heterocycles. The van der Waals surface area contributed by atoms with Gasteiger partial charge >= 0.3 is 0 Å². The lowest BCUT2D eigenvalue weighted by Gasteiger charge is -1.99. The molecule has 0 atom stereocenters. The summed E-state index contributed by atoms with van der Waals surface area (Å²) in [6.45, 7) is 0. The molecule has 0 saturated carbocycles. The first-order chi connectivity index (χ1) is 7.11. The first-order valence-corrected chi connectivity index (χ1v) is 5.04. The molecule has 8 heteroatoms. The summed E-state index contributed by atoms with van der Waals surface area (Å²) in [4.78, 5) is 12.0. The molecule has 0 radical (unpaired) electrons. The van der Waals surface area contributed by atoms with Gasteiger partial charge in [0.1, 0.15) is 0 Å². The number of hydrogen-bond donors (Lipinski definition) is 0. The van der Waals surface area contributed by atoms with E-state index in [4.69, 9.17) is 5.53 Å². The second kappa shape index (κ2) is 4.39. The molecule has 15 heavy (non-hydrogen) atoms. The van der Waals surface area contributed by atoms with Gasteiger partial charge in [-0.15, -0.1) is 0 Å². The van der Waals surface area contributed by atoms with Crippen molar-refractivity contribution in [3.05, 3.63) is 34.7 Å². The van der Waals surface area contributed by atoms with Crippen LogP contribution in [0.1, 0.15) is 0 Å². The Morgan fingerprint density at radius 2 is 2.00 bits per heavy atom. The Labute approximate surface area is 84.7 Å². The van der Waals surface area contributed by atoms with Crippen LogP contribution < -0.4 is 0 Å². The zero-order valence-corrected chi connectivity index (χ0v) is 8.05. The Morgan fingerprint density at radius 3 is 2.60 bits per heavy atom. The highest BCUT2D eigenvalue weighted by Crippen LogP contribution is 2.25. The summed E-state index contributed by atoms with van der Waals surface area (Å²) in [5, 5.41) is 3.17. The summed E-state index contributed by atoms with van der Waals surface area (Å²) in [6, 6.07) is 5.39. The molecule has 0 aliphatic carbocycles. The third kappa shape index (κ3) is 2.41. The van der Waals surface area contributed by atoms with E-state index in [1.54, 1.807) is 0 Å². The average molecular weight is 224 g/mol. The van der Waals surface area contributed by atoms with Crippen LogP contribution in [0, 0.1) is 0 Å². The van der Waals surface area contributed by atoms with Crippen molar-refractivity contribution in [1.82, 2.24) is 0 Å². The molecular formula is C7H4N4O3S. The van der Waals surface area contributed by atoms with Crippen LogP contribution in [-0.2, 0) is 14.8 Å². The molecule has 0 N–H and O–H groups in total. The number of isocyanates is 1. The largest absolute Gasteiger partial charge is 0.293 e. The summed E-state index contributed by atoms with van der Waals surface area (Å²) >= 11 is 0. The Kier molecular flexibility index (Phi) is 3.20. The van der Waals surface area contributed by atoms with E-state index in [9.17, 15) is 13.2 Å². The lowest BCUT2D eigenvalue weighted by atomic mass is 10.3. The van der Waals surface area contributed by atoms with Gasteiger partial charge in [-0.25, -0.2) is 4.79 Å². The van der Waals surface area contributed by atoms with Crippen LogP contribution in [0.3, 0.4) is 0 Å². The molecule has 0 saturated heterocycles. The molecule has 1 aromatic carbocycles. The number of nitrogens with zero attached hydrogens (tertiary/aromatic N) is 4. The van der Waals surface area contributed by atoms with Crippen LogP contribution in [0.25, 0.3) is 10.4 Å². The molecule has 0 fully saturated rings. The SMILES string of the molecule is [N-]=[N+]=Nc1ccccc1S(=O)(=O)N=C=O. The molecule has 76 valence electrons. The monoisotopic (exact) mass is 224 g/mol. The highest BCUT2D eigenvalue weighted by molar-refractivity contribution is 7.90. The highest BCUT2D eigenvalue weighted by Gasteiger charge is 2.15. The van der Waals surface area contributed by atoms with Gasteiger partial charge in [0, 0.05) is 4.91 Å². The van der Waals surface area contributed by atoms with Crippen LogP contribution in [0.15, 0.2) is 38.7 Å². The number of carbonyl (C=O) groups excluding carboxylic acids is 1. The quantitative estimate of drug-likeness (QED) is 0.255. The number of sulfonamides is 1. The van der Waals surface area contributed by atoms with Crippen molar-refractivity contribution >= 4 is 21.8 Å². The zero-order chi connectivity index (χ0) is 11.3. The van der Waals surface area contributed by atoms with Gasteiger partial charge in [-0.3, -0.25) is 0 Å². The van der Waals surface area contributed by atoms with Gasteiger partial charge in [-0.2, -0.15) is 8.42 Å². The molecule has 0 aliphatic heterocycles. The zero-order valence-electron chi connectivity index (χ0n) is 7.23. The second-order valence-corrected chi connectivity index (χ2v) is 3.89. The molecule has 0 spiro atoms. The Bertz CT molecular complexity index is 568. The maximum absolute atomic E-state index is 11.3. The van der Waals surface area contributed by atoms with E-state index in [0.29, 0.717) is 0 Å². The minimum Gasteiger partial charge on any atom is -0.210 e. The smallest absolute Gasteiger partial charge is 0.210 e. The van der Waals surface area contributed by atoms with Gasteiger partial charge in [0.05, 0.1) is 10.6 Å². The third-order valence-electron chi connectivity index (χ3n) is 1.45. The fourth-order valence-corrected chi connectivity index (χ4v) is 1.72. The van der Waals surface area contributed by atoms with Gasteiger partial charge in [-0.05, 0) is 11.6 Å². The van der Waals surface area contributed by atoms with Crippen LogP contribution in [-0.4, -0.2) is 14.5 Å². The predicted molar refractivity (Wildman–Crippen MR) is 50.6 cm³/mol. The molecule has 0 bridgehead atoms. The van der Waals surface area contributed by atoms with E-state index in [-0.39, 0.29) is 10.6 Å². The fraction of sp³-hybridized carbons (Fsp3) is 0. The topological polar surface area (TPSA) is 112 Å². The molecule has 0 aromatic heterocycles. The van der Waals surface area contributed by atoms with Crippen molar-refractivity contribution in [1.29, 1.82) is 0 Å². The summed E-state index contributed by atoms with van der Waals surface area (Å²) in [5.74, 6) is 0. The van der Waals surface area contributed by atoms with Crippen molar-refractivity contribution in [3.8, 4) is 0 Å². The van der Waals surface area contributed by atoms with E-state index < -0.39 is 10.0 Å². The van der Waals surface area contributed by atoms with Crippen LogP contribution in [0.4, 0.5) is 5.69 Å². The van der Waals surface area contributed by atoms with Gasteiger partial charge in [0.15, 0.2) is 0 Å². The minimum absolute atomic E-state index is 0.112. The molecular weight excluding hydrogens is 220 g/mol. The number of benzene rings is 1. The van der Waals surface area contributed by atoms with Gasteiger partial charge < -0.3 is 0 Å². The average Bonchev–Trinajstić information content (AvgIpc) is 2.19. The molecule has 0 unspecified atom stereocenters. The van der Waals surface area contributed by atoms with Crippen LogP contribution in [0.5, 0.6) is 0 Å². The van der Waals surface area contributed by atoms with Crippen LogP contribution >= 0.6 is 0 Å². The van der Waals surface area contributed by atoms with Crippen molar-refractivity contribution in [2.45, 2.75) is 4.90 Å². The Hall–Kier alpha value is -2.14. The standard InChI is InChI=1S/C7H4N4O3S/c8-11-10-6-3-1-2-4-7(6)15(13,14)9-5-12/h1-4H. The van der Waals surface area contributed by atoms with Crippen molar-refractivity contribution in [2.75, 3.05) is 0 Å². The lowest BCUT2D eigenvalue weighted by Crippen LogP contribution is -1.96. The van der Waals surface area contributed by atoms with Gasteiger partial charge in [-0.1, -0.05) is 27.7 Å². The van der Waals surface area contributed by atoms with E-state index >= 15 is 0 Å². The highest BCUT2D eigenvalue weighted by atomic mass is 32.2. The molecule has 7 nitrogen and oxygen atoms in total. The lowest BCUT2D eigenvalue weighted by molar-refractivity contribution is 0.563. The summed E-state index contributed by atoms with van der Waals surface area (Å²) < 4.78 is 25.3. The fourth-order valence-electron chi connectivity index (χ4n) is 0.904. The normalized spacial score (nSPS) is 9.87. The minimum atomic E-state index is -4.13. The number of azide groups is 1.